The molecule has 1 aromatic carbocycles. The lowest BCUT2D eigenvalue weighted by Crippen LogP contribution is -2.39. The van der Waals surface area contributed by atoms with Gasteiger partial charge in [0.2, 0.25) is 0 Å². The molecule has 0 heterocycles. The number of esters is 1. The lowest BCUT2D eigenvalue weighted by atomic mass is 10.2. The van der Waals surface area contributed by atoms with Crippen molar-refractivity contribution < 1.29 is 14.3 Å². The van der Waals surface area contributed by atoms with E-state index in [2.05, 4.69) is 4.74 Å². The van der Waals surface area contributed by atoms with E-state index < -0.39 is 12.0 Å². The van der Waals surface area contributed by atoms with Gasteiger partial charge in [-0.3, -0.25) is 4.79 Å². The Morgan fingerprint density at radius 3 is 2.35 bits per heavy atom. The Bertz CT molecular complexity index is 367. The first-order valence-corrected chi connectivity index (χ1v) is 6.10. The summed E-state index contributed by atoms with van der Waals surface area (Å²) in [7, 11) is 2.96. The van der Waals surface area contributed by atoms with Gasteiger partial charge in [0.05, 0.1) is 14.2 Å². The lowest BCUT2D eigenvalue weighted by Gasteiger charge is -2.17. The van der Waals surface area contributed by atoms with Crippen LogP contribution in [0.3, 0.4) is 0 Å². The predicted octanol–water partition coefficient (Wildman–Crippen LogP) is 1.68. The van der Waals surface area contributed by atoms with Gasteiger partial charge in [0, 0.05) is 10.1 Å². The summed E-state index contributed by atoms with van der Waals surface area (Å²) in [6.45, 7) is 1.90. The van der Waals surface area contributed by atoms with Gasteiger partial charge in [-0.05, 0) is 24.3 Å². The molecule has 0 saturated carbocycles. The molecule has 2 atom stereocenters. The third kappa shape index (κ3) is 3.94. The van der Waals surface area contributed by atoms with Crippen LogP contribution in [0.15, 0.2) is 29.2 Å². The van der Waals surface area contributed by atoms with Crippen LogP contribution in [0.2, 0.25) is 0 Å². The van der Waals surface area contributed by atoms with Crippen LogP contribution in [-0.2, 0) is 9.53 Å². The molecule has 1 rings (SSSR count). The summed E-state index contributed by atoms with van der Waals surface area (Å²) in [5.41, 5.74) is 5.76. The third-order valence-electron chi connectivity index (χ3n) is 2.36. The number of hydrogen-bond donors (Lipinski definition) is 1. The summed E-state index contributed by atoms with van der Waals surface area (Å²) < 4.78 is 9.68. The minimum atomic E-state index is -0.618. The summed E-state index contributed by atoms with van der Waals surface area (Å²) in [6.07, 6.45) is 0. The van der Waals surface area contributed by atoms with E-state index in [4.69, 9.17) is 10.5 Å². The summed E-state index contributed by atoms with van der Waals surface area (Å²) in [5, 5.41) is -0.0455. The van der Waals surface area contributed by atoms with Gasteiger partial charge in [-0.25, -0.2) is 0 Å². The number of carbonyl (C=O) groups excluding carboxylic acids is 1. The molecule has 0 aliphatic rings. The SMILES string of the molecule is COC(=O)[C@@H](N)[C@H](C)Sc1ccc(OC)cc1. The highest BCUT2D eigenvalue weighted by Crippen LogP contribution is 2.26. The van der Waals surface area contributed by atoms with Gasteiger partial charge < -0.3 is 15.2 Å². The van der Waals surface area contributed by atoms with E-state index in [0.29, 0.717) is 0 Å². The monoisotopic (exact) mass is 255 g/mol. The summed E-state index contributed by atoms with van der Waals surface area (Å²) in [6, 6.07) is 7.00. The molecular weight excluding hydrogens is 238 g/mol. The first kappa shape index (κ1) is 13.9. The second kappa shape index (κ2) is 6.51. The number of hydrogen-bond acceptors (Lipinski definition) is 5. The molecule has 0 spiro atoms. The van der Waals surface area contributed by atoms with E-state index in [1.165, 1.54) is 18.9 Å². The van der Waals surface area contributed by atoms with Crippen LogP contribution < -0.4 is 10.5 Å². The third-order valence-corrected chi connectivity index (χ3v) is 3.57. The fourth-order valence-corrected chi connectivity index (χ4v) is 2.25. The van der Waals surface area contributed by atoms with E-state index in [1.54, 1.807) is 7.11 Å². The van der Waals surface area contributed by atoms with Gasteiger partial charge in [-0.2, -0.15) is 0 Å². The highest BCUT2D eigenvalue weighted by molar-refractivity contribution is 8.00. The second-order valence-electron chi connectivity index (χ2n) is 3.55. The van der Waals surface area contributed by atoms with Gasteiger partial charge in [0.15, 0.2) is 0 Å². The molecular formula is C12H17NO3S. The van der Waals surface area contributed by atoms with E-state index in [0.717, 1.165) is 10.6 Å². The molecule has 94 valence electrons. The van der Waals surface area contributed by atoms with Crippen LogP contribution >= 0.6 is 11.8 Å². The van der Waals surface area contributed by atoms with Crippen LogP contribution in [0.1, 0.15) is 6.92 Å². The van der Waals surface area contributed by atoms with E-state index in [9.17, 15) is 4.79 Å². The van der Waals surface area contributed by atoms with Crippen LogP contribution in [0.4, 0.5) is 0 Å². The Hall–Kier alpha value is -1.20. The molecule has 0 aliphatic carbocycles. The molecule has 5 heteroatoms. The van der Waals surface area contributed by atoms with Crippen molar-refractivity contribution in [3.8, 4) is 5.75 Å². The smallest absolute Gasteiger partial charge is 0.323 e. The average Bonchev–Trinajstić information content (AvgIpc) is 2.37. The molecule has 2 N–H and O–H groups in total. The standard InChI is InChI=1S/C12H17NO3S/c1-8(11(13)12(14)16-3)17-10-6-4-9(15-2)5-7-10/h4-8,11H,13H2,1-3H3/t8-,11-/m0/s1. The van der Waals surface area contributed by atoms with Crippen molar-refractivity contribution in [3.05, 3.63) is 24.3 Å². The fourth-order valence-electron chi connectivity index (χ4n) is 1.27. The van der Waals surface area contributed by atoms with Crippen molar-refractivity contribution in [1.29, 1.82) is 0 Å². The number of thioether (sulfide) groups is 1. The Kier molecular flexibility index (Phi) is 5.31. The van der Waals surface area contributed by atoms with Crippen molar-refractivity contribution in [2.24, 2.45) is 5.73 Å². The first-order valence-electron chi connectivity index (χ1n) is 5.22. The highest BCUT2D eigenvalue weighted by atomic mass is 32.2. The fraction of sp³-hybridized carbons (Fsp3) is 0.417. The van der Waals surface area contributed by atoms with E-state index in [1.807, 2.05) is 31.2 Å². The Balaban J connectivity index is 2.60. The zero-order chi connectivity index (χ0) is 12.8. The minimum absolute atomic E-state index is 0.0455. The van der Waals surface area contributed by atoms with Gasteiger partial charge in [-0.15, -0.1) is 11.8 Å². The van der Waals surface area contributed by atoms with E-state index in [-0.39, 0.29) is 5.25 Å². The van der Waals surface area contributed by atoms with Crippen LogP contribution in [-0.4, -0.2) is 31.5 Å². The Labute approximate surface area is 105 Å². The maximum Gasteiger partial charge on any atom is 0.323 e. The summed E-state index contributed by atoms with van der Waals surface area (Å²) in [4.78, 5) is 12.3. The lowest BCUT2D eigenvalue weighted by molar-refractivity contribution is -0.142. The highest BCUT2D eigenvalue weighted by Gasteiger charge is 2.22. The maximum absolute atomic E-state index is 11.3. The molecule has 0 bridgehead atoms. The van der Waals surface area contributed by atoms with Crippen molar-refractivity contribution >= 4 is 17.7 Å². The van der Waals surface area contributed by atoms with Crippen molar-refractivity contribution in [1.82, 2.24) is 0 Å². The topological polar surface area (TPSA) is 61.5 Å². The summed E-state index contributed by atoms with van der Waals surface area (Å²) >= 11 is 1.53. The molecule has 17 heavy (non-hydrogen) atoms. The van der Waals surface area contributed by atoms with Crippen LogP contribution in [0.25, 0.3) is 0 Å². The average molecular weight is 255 g/mol. The Morgan fingerprint density at radius 1 is 1.29 bits per heavy atom. The van der Waals surface area contributed by atoms with Gasteiger partial charge >= 0.3 is 5.97 Å². The van der Waals surface area contributed by atoms with Crippen molar-refractivity contribution in [2.75, 3.05) is 14.2 Å². The molecule has 0 aliphatic heterocycles. The molecule has 0 aromatic heterocycles. The second-order valence-corrected chi connectivity index (χ2v) is 5.00. The number of benzene rings is 1. The predicted molar refractivity (Wildman–Crippen MR) is 68.3 cm³/mol. The van der Waals surface area contributed by atoms with E-state index >= 15 is 0 Å². The van der Waals surface area contributed by atoms with Gasteiger partial charge in [0.25, 0.3) is 0 Å². The van der Waals surface area contributed by atoms with Gasteiger partial charge in [0.1, 0.15) is 11.8 Å². The maximum atomic E-state index is 11.3. The quantitative estimate of drug-likeness (QED) is 0.640. The number of rotatable bonds is 5. The number of nitrogens with two attached hydrogens (primary N) is 1. The molecule has 1 aromatic rings. The van der Waals surface area contributed by atoms with Crippen LogP contribution in [0, 0.1) is 0 Å². The minimum Gasteiger partial charge on any atom is -0.497 e. The first-order chi connectivity index (χ1) is 8.08. The normalized spacial score (nSPS) is 13.9. The van der Waals surface area contributed by atoms with Crippen molar-refractivity contribution in [3.63, 3.8) is 0 Å². The summed E-state index contributed by atoms with van der Waals surface area (Å²) in [5.74, 6) is 0.415. The molecule has 0 unspecified atom stereocenters. The molecule has 0 amide bonds. The number of methoxy groups -OCH3 is 2. The molecule has 0 fully saturated rings. The van der Waals surface area contributed by atoms with Crippen molar-refractivity contribution in [2.45, 2.75) is 23.1 Å². The molecule has 0 saturated heterocycles. The van der Waals surface area contributed by atoms with Gasteiger partial charge in [-0.1, -0.05) is 6.92 Å². The van der Waals surface area contributed by atoms with Crippen LogP contribution in [0.5, 0.6) is 5.75 Å². The zero-order valence-corrected chi connectivity index (χ0v) is 11.0. The molecule has 0 radical (unpaired) electrons. The number of carbonyl (C=O) groups is 1. The number of ether oxygens (including phenoxy) is 2. The largest absolute Gasteiger partial charge is 0.497 e. The molecule has 4 nitrogen and oxygen atoms in total. The Morgan fingerprint density at radius 2 is 1.88 bits per heavy atom. The zero-order valence-electron chi connectivity index (χ0n) is 10.2.